The zero-order valence-corrected chi connectivity index (χ0v) is 19.5. The maximum absolute atomic E-state index is 12.2. The molecule has 0 bridgehead atoms. The molecule has 3 aromatic rings. The van der Waals surface area contributed by atoms with E-state index in [0.717, 1.165) is 36.4 Å². The largest absolute Gasteiger partial charge is 0.309 e. The maximum Gasteiger partial charge on any atom is 0.231 e. The molecule has 3 heterocycles. The second-order valence-electron chi connectivity index (χ2n) is 8.63. The third-order valence-electron chi connectivity index (χ3n) is 5.64. The van der Waals surface area contributed by atoms with Crippen molar-refractivity contribution < 1.29 is 9.59 Å². The molecule has 2 atom stereocenters. The second-order valence-corrected chi connectivity index (χ2v) is 9.63. The van der Waals surface area contributed by atoms with Crippen molar-refractivity contribution in [2.24, 2.45) is 11.8 Å². The molecule has 4 rings (SSSR count). The molecule has 2 N–H and O–H groups in total. The van der Waals surface area contributed by atoms with E-state index in [4.69, 9.17) is 0 Å². The summed E-state index contributed by atoms with van der Waals surface area (Å²) in [6.07, 6.45) is 5.84. The van der Waals surface area contributed by atoms with Crippen LogP contribution in [0.25, 0.3) is 0 Å². The molecular formula is C23H27N7O2S. The maximum atomic E-state index is 12.2. The highest BCUT2D eigenvalue weighted by Gasteiger charge is 2.29. The van der Waals surface area contributed by atoms with E-state index in [1.54, 1.807) is 12.3 Å². The first-order valence-corrected chi connectivity index (χ1v) is 11.9. The molecule has 0 aliphatic heterocycles. The summed E-state index contributed by atoms with van der Waals surface area (Å²) >= 11 is 1.47. The van der Waals surface area contributed by atoms with Gasteiger partial charge < -0.3 is 10.6 Å². The Hall–Kier alpha value is -3.27. The lowest BCUT2D eigenvalue weighted by Crippen LogP contribution is -2.17. The molecule has 33 heavy (non-hydrogen) atoms. The fourth-order valence-electron chi connectivity index (χ4n) is 3.87. The summed E-state index contributed by atoms with van der Waals surface area (Å²) in [5.41, 5.74) is 1.62. The van der Waals surface area contributed by atoms with Crippen LogP contribution < -0.4 is 10.6 Å². The van der Waals surface area contributed by atoms with Gasteiger partial charge in [0.05, 0.1) is 12.1 Å². The van der Waals surface area contributed by atoms with Crippen molar-refractivity contribution in [3.05, 3.63) is 52.9 Å². The Balaban J connectivity index is 1.26. The Morgan fingerprint density at radius 3 is 2.64 bits per heavy atom. The Labute approximate surface area is 196 Å². The van der Waals surface area contributed by atoms with Gasteiger partial charge in [0.2, 0.25) is 16.9 Å². The highest BCUT2D eigenvalue weighted by atomic mass is 32.1. The molecule has 1 unspecified atom stereocenters. The van der Waals surface area contributed by atoms with E-state index in [9.17, 15) is 9.59 Å². The summed E-state index contributed by atoms with van der Waals surface area (Å²) in [4.78, 5) is 28.2. The molecule has 0 spiro atoms. The molecule has 10 heteroatoms. The van der Waals surface area contributed by atoms with Crippen molar-refractivity contribution in [3.63, 3.8) is 0 Å². The molecule has 1 aliphatic carbocycles. The van der Waals surface area contributed by atoms with Crippen LogP contribution in [0.3, 0.4) is 0 Å². The van der Waals surface area contributed by atoms with E-state index >= 15 is 0 Å². The molecule has 2 amide bonds. The van der Waals surface area contributed by atoms with Gasteiger partial charge in [0, 0.05) is 23.7 Å². The third-order valence-corrected chi connectivity index (χ3v) is 6.64. The summed E-state index contributed by atoms with van der Waals surface area (Å²) in [6.45, 7) is 3.70. The average Bonchev–Trinajstić information content (AvgIpc) is 3.45. The van der Waals surface area contributed by atoms with Gasteiger partial charge in [0.25, 0.3) is 0 Å². The number of pyridine rings is 1. The second kappa shape index (κ2) is 10.6. The van der Waals surface area contributed by atoms with Gasteiger partial charge in [-0.1, -0.05) is 31.3 Å². The van der Waals surface area contributed by atoms with Gasteiger partial charge in [-0.15, -0.1) is 15.3 Å². The smallest absolute Gasteiger partial charge is 0.231 e. The quantitative estimate of drug-likeness (QED) is 0.521. The zero-order chi connectivity index (χ0) is 23.2. The minimum Gasteiger partial charge on any atom is -0.309 e. The van der Waals surface area contributed by atoms with Crippen LogP contribution in [0.2, 0.25) is 0 Å². The van der Waals surface area contributed by atoms with Crippen molar-refractivity contribution in [1.82, 2.24) is 25.4 Å². The predicted molar refractivity (Wildman–Crippen MR) is 126 cm³/mol. The first-order chi connectivity index (χ1) is 16.0. The van der Waals surface area contributed by atoms with Crippen LogP contribution >= 0.6 is 11.3 Å². The number of anilines is 2. The summed E-state index contributed by atoms with van der Waals surface area (Å²) < 4.78 is 0. The summed E-state index contributed by atoms with van der Waals surface area (Å²) in [6, 6.07) is 9.19. The number of nitrogens with zero attached hydrogens (tertiary/aromatic N) is 5. The standard InChI is InChI=1S/C23H27N7O2S/c1-14(2)21(32)26-23-30-29-22(33-23)16-7-6-15(11-16)12-18-8-9-19(28-27-18)25-20(31)13-17-5-3-4-10-24-17/h3-5,8-10,14-16H,6-7,11-13H2,1-2H3,(H,25,28,31)(H,26,30,32)/t15-,16?/m1/s1. The summed E-state index contributed by atoms with van der Waals surface area (Å²) in [5.74, 6) is 0.984. The lowest BCUT2D eigenvalue weighted by molar-refractivity contribution is -0.119. The zero-order valence-electron chi connectivity index (χ0n) is 18.7. The molecule has 172 valence electrons. The van der Waals surface area contributed by atoms with Crippen LogP contribution in [0.1, 0.15) is 55.4 Å². The van der Waals surface area contributed by atoms with E-state index in [2.05, 4.69) is 36.0 Å². The van der Waals surface area contributed by atoms with Crippen LogP contribution in [0, 0.1) is 11.8 Å². The van der Waals surface area contributed by atoms with Gasteiger partial charge in [-0.05, 0) is 55.9 Å². The van der Waals surface area contributed by atoms with Crippen LogP contribution in [0.5, 0.6) is 0 Å². The first kappa shape index (κ1) is 22.9. The summed E-state index contributed by atoms with van der Waals surface area (Å²) in [5, 5.41) is 24.0. The number of rotatable bonds is 8. The van der Waals surface area contributed by atoms with Crippen molar-refractivity contribution in [1.29, 1.82) is 0 Å². The van der Waals surface area contributed by atoms with E-state index in [-0.39, 0.29) is 24.2 Å². The fraction of sp³-hybridized carbons (Fsp3) is 0.435. The molecular weight excluding hydrogens is 438 g/mol. The Morgan fingerprint density at radius 1 is 1.03 bits per heavy atom. The van der Waals surface area contributed by atoms with E-state index in [1.165, 1.54) is 11.3 Å². The van der Waals surface area contributed by atoms with Gasteiger partial charge in [-0.2, -0.15) is 5.10 Å². The van der Waals surface area contributed by atoms with Crippen LogP contribution in [0.4, 0.5) is 10.9 Å². The molecule has 1 saturated carbocycles. The lowest BCUT2D eigenvalue weighted by atomic mass is 10.00. The number of carbonyl (C=O) groups is 2. The third kappa shape index (κ3) is 6.38. The Morgan fingerprint density at radius 2 is 1.91 bits per heavy atom. The van der Waals surface area contributed by atoms with Crippen molar-refractivity contribution >= 4 is 34.1 Å². The normalized spacial score (nSPS) is 17.8. The number of hydrogen-bond acceptors (Lipinski definition) is 8. The van der Waals surface area contributed by atoms with Gasteiger partial charge in [-0.3, -0.25) is 14.6 Å². The molecule has 0 aromatic carbocycles. The lowest BCUT2D eigenvalue weighted by Gasteiger charge is -2.09. The Kier molecular flexibility index (Phi) is 7.33. The van der Waals surface area contributed by atoms with Gasteiger partial charge in [0.15, 0.2) is 5.82 Å². The first-order valence-electron chi connectivity index (χ1n) is 11.1. The van der Waals surface area contributed by atoms with E-state index in [1.807, 2.05) is 38.1 Å². The number of aromatic nitrogens is 5. The van der Waals surface area contributed by atoms with Gasteiger partial charge in [0.1, 0.15) is 5.01 Å². The average molecular weight is 466 g/mol. The monoisotopic (exact) mass is 465 g/mol. The van der Waals surface area contributed by atoms with Gasteiger partial charge >= 0.3 is 0 Å². The molecule has 0 saturated heterocycles. The Bertz CT molecular complexity index is 1090. The minimum absolute atomic E-state index is 0.0445. The van der Waals surface area contributed by atoms with Crippen LogP contribution in [-0.4, -0.2) is 37.2 Å². The molecule has 3 aromatic heterocycles. The SMILES string of the molecule is CC(C)C(=O)Nc1nnc(C2CC[C@@H](Cc3ccc(NC(=O)Cc4ccccn4)nn3)C2)s1. The number of nitrogens with one attached hydrogen (secondary N) is 2. The topological polar surface area (TPSA) is 123 Å². The van der Waals surface area contributed by atoms with Crippen molar-refractivity contribution in [3.8, 4) is 0 Å². The number of amides is 2. The molecule has 9 nitrogen and oxygen atoms in total. The number of carbonyl (C=O) groups excluding carboxylic acids is 2. The highest BCUT2D eigenvalue weighted by Crippen LogP contribution is 2.41. The van der Waals surface area contributed by atoms with E-state index < -0.39 is 0 Å². The van der Waals surface area contributed by atoms with E-state index in [0.29, 0.717) is 28.5 Å². The molecule has 0 radical (unpaired) electrons. The highest BCUT2D eigenvalue weighted by molar-refractivity contribution is 7.15. The van der Waals surface area contributed by atoms with Gasteiger partial charge in [-0.25, -0.2) is 0 Å². The molecule has 1 aliphatic rings. The fourth-order valence-corrected chi connectivity index (χ4v) is 4.76. The predicted octanol–water partition coefficient (Wildman–Crippen LogP) is 3.63. The number of hydrogen-bond donors (Lipinski definition) is 2. The molecule has 1 fully saturated rings. The minimum atomic E-state index is -0.171. The van der Waals surface area contributed by atoms with Crippen LogP contribution in [0.15, 0.2) is 36.5 Å². The summed E-state index contributed by atoms with van der Waals surface area (Å²) in [7, 11) is 0. The van der Waals surface area contributed by atoms with Crippen LogP contribution in [-0.2, 0) is 22.4 Å². The van der Waals surface area contributed by atoms with Crippen molar-refractivity contribution in [2.75, 3.05) is 10.6 Å². The van der Waals surface area contributed by atoms with Crippen molar-refractivity contribution in [2.45, 2.75) is 51.9 Å².